The molecular weight excluding hydrogens is 321 g/mol. The molecule has 0 fully saturated rings. The number of hydrogen-bond acceptors (Lipinski definition) is 2. The third-order valence-corrected chi connectivity index (χ3v) is 3.65. The van der Waals surface area contributed by atoms with E-state index in [2.05, 4.69) is 5.32 Å². The van der Waals surface area contributed by atoms with Crippen LogP contribution in [0, 0.1) is 0 Å². The quantitative estimate of drug-likeness (QED) is 0.850. The highest BCUT2D eigenvalue weighted by molar-refractivity contribution is 6.37. The van der Waals surface area contributed by atoms with E-state index in [4.69, 9.17) is 27.9 Å². The molecule has 2 rings (SSSR count). The molecule has 0 aliphatic heterocycles. The van der Waals surface area contributed by atoms with Gasteiger partial charge < -0.3 is 10.1 Å². The minimum Gasteiger partial charge on any atom is -0.491 e. The number of nitrogens with one attached hydrogen (secondary N) is 1. The van der Waals surface area contributed by atoms with Gasteiger partial charge in [-0.25, -0.2) is 0 Å². The fourth-order valence-electron chi connectivity index (χ4n) is 2.04. The molecule has 0 atom stereocenters. The normalized spacial score (nSPS) is 10.3. The summed E-state index contributed by atoms with van der Waals surface area (Å²) in [6.45, 7) is 2.85. The Morgan fingerprint density at radius 2 is 1.77 bits per heavy atom. The van der Waals surface area contributed by atoms with Crippen molar-refractivity contribution in [3.05, 3.63) is 63.6 Å². The van der Waals surface area contributed by atoms with Crippen LogP contribution in [0.5, 0.6) is 5.75 Å². The third-order valence-electron chi connectivity index (χ3n) is 3.09. The van der Waals surface area contributed by atoms with Crippen molar-refractivity contribution in [3.63, 3.8) is 0 Å². The van der Waals surface area contributed by atoms with E-state index >= 15 is 0 Å². The topological polar surface area (TPSA) is 38.3 Å². The van der Waals surface area contributed by atoms with Gasteiger partial charge in [0.15, 0.2) is 5.75 Å². The van der Waals surface area contributed by atoms with Crippen molar-refractivity contribution in [2.24, 2.45) is 0 Å². The molecule has 1 amide bonds. The Bertz CT molecular complexity index is 621. The van der Waals surface area contributed by atoms with Crippen molar-refractivity contribution >= 4 is 29.1 Å². The first kappa shape index (κ1) is 16.7. The zero-order valence-corrected chi connectivity index (χ0v) is 13.7. The summed E-state index contributed by atoms with van der Waals surface area (Å²) in [4.78, 5) is 12.1. The van der Waals surface area contributed by atoms with Gasteiger partial charge in [0.25, 0.3) is 5.91 Å². The van der Waals surface area contributed by atoms with Crippen LogP contribution in [-0.2, 0) is 6.42 Å². The van der Waals surface area contributed by atoms with E-state index in [1.807, 2.05) is 37.3 Å². The number of carbonyl (C=O) groups excluding carboxylic acids is 1. The summed E-state index contributed by atoms with van der Waals surface area (Å²) < 4.78 is 5.35. The summed E-state index contributed by atoms with van der Waals surface area (Å²) in [7, 11) is 0. The van der Waals surface area contributed by atoms with Gasteiger partial charge in [-0.3, -0.25) is 4.79 Å². The van der Waals surface area contributed by atoms with Gasteiger partial charge in [0, 0.05) is 12.1 Å². The van der Waals surface area contributed by atoms with Gasteiger partial charge in [0.05, 0.1) is 16.7 Å². The maximum atomic E-state index is 12.1. The number of benzene rings is 2. The molecule has 3 nitrogen and oxygen atoms in total. The van der Waals surface area contributed by atoms with E-state index in [1.54, 1.807) is 12.1 Å². The number of carbonyl (C=O) groups is 1. The second-order valence-electron chi connectivity index (χ2n) is 4.69. The number of hydrogen-bond donors (Lipinski definition) is 1. The molecule has 0 aliphatic rings. The largest absolute Gasteiger partial charge is 0.491 e. The summed E-state index contributed by atoms with van der Waals surface area (Å²) in [6, 6.07) is 13.1. The first-order valence-corrected chi connectivity index (χ1v) is 7.81. The Balaban J connectivity index is 1.98. The fourth-order valence-corrected chi connectivity index (χ4v) is 2.64. The lowest BCUT2D eigenvalue weighted by atomic mass is 10.1. The summed E-state index contributed by atoms with van der Waals surface area (Å²) >= 11 is 12.2. The molecule has 0 spiro atoms. The van der Waals surface area contributed by atoms with Crippen molar-refractivity contribution in [2.75, 3.05) is 13.2 Å². The summed E-state index contributed by atoms with van der Waals surface area (Å²) in [5.74, 6) is 0.203. The Morgan fingerprint density at radius 3 is 2.36 bits per heavy atom. The van der Waals surface area contributed by atoms with E-state index < -0.39 is 0 Å². The molecule has 0 saturated carbocycles. The number of rotatable bonds is 6. The highest BCUT2D eigenvalue weighted by Crippen LogP contribution is 2.34. The molecule has 0 heterocycles. The molecule has 0 bridgehead atoms. The minimum atomic E-state index is -0.206. The summed E-state index contributed by atoms with van der Waals surface area (Å²) in [6.07, 6.45) is 0.769. The summed E-state index contributed by atoms with van der Waals surface area (Å²) in [5, 5.41) is 3.53. The second-order valence-corrected chi connectivity index (χ2v) is 5.51. The van der Waals surface area contributed by atoms with Crippen LogP contribution >= 0.6 is 23.2 Å². The second kappa shape index (κ2) is 8.06. The van der Waals surface area contributed by atoms with E-state index in [9.17, 15) is 4.79 Å². The average Bonchev–Trinajstić information content (AvgIpc) is 2.51. The van der Waals surface area contributed by atoms with Crippen LogP contribution in [0.1, 0.15) is 22.8 Å². The molecule has 0 aromatic heterocycles. The lowest BCUT2D eigenvalue weighted by Crippen LogP contribution is -2.25. The molecule has 2 aromatic rings. The Labute approximate surface area is 140 Å². The molecule has 0 aliphatic carbocycles. The predicted octanol–water partition coefficient (Wildman–Crippen LogP) is 4.36. The van der Waals surface area contributed by atoms with E-state index in [1.165, 1.54) is 5.56 Å². The van der Waals surface area contributed by atoms with Gasteiger partial charge in [-0.2, -0.15) is 0 Å². The molecule has 0 saturated heterocycles. The third kappa shape index (κ3) is 4.39. The van der Waals surface area contributed by atoms with Crippen LogP contribution in [0.3, 0.4) is 0 Å². The van der Waals surface area contributed by atoms with Gasteiger partial charge in [-0.1, -0.05) is 53.5 Å². The van der Waals surface area contributed by atoms with E-state index in [0.717, 1.165) is 6.42 Å². The summed E-state index contributed by atoms with van der Waals surface area (Å²) in [5.41, 5.74) is 1.59. The van der Waals surface area contributed by atoms with Crippen molar-refractivity contribution < 1.29 is 9.53 Å². The van der Waals surface area contributed by atoms with Gasteiger partial charge in [0.2, 0.25) is 0 Å². The highest BCUT2D eigenvalue weighted by Gasteiger charge is 2.13. The van der Waals surface area contributed by atoms with Crippen molar-refractivity contribution in [1.82, 2.24) is 5.32 Å². The van der Waals surface area contributed by atoms with E-state index in [-0.39, 0.29) is 5.91 Å². The fraction of sp³-hybridized carbons (Fsp3) is 0.235. The highest BCUT2D eigenvalue weighted by atomic mass is 35.5. The Kier molecular flexibility index (Phi) is 6.10. The van der Waals surface area contributed by atoms with Gasteiger partial charge in [-0.05, 0) is 31.0 Å². The van der Waals surface area contributed by atoms with Crippen molar-refractivity contribution in [1.29, 1.82) is 0 Å². The lowest BCUT2D eigenvalue weighted by Gasteiger charge is -2.11. The maximum absolute atomic E-state index is 12.1. The van der Waals surface area contributed by atoms with Crippen LogP contribution in [-0.4, -0.2) is 19.1 Å². The maximum Gasteiger partial charge on any atom is 0.251 e. The molecule has 0 radical (unpaired) electrons. The zero-order valence-electron chi connectivity index (χ0n) is 12.2. The Morgan fingerprint density at radius 1 is 1.14 bits per heavy atom. The molecule has 1 N–H and O–H groups in total. The predicted molar refractivity (Wildman–Crippen MR) is 90.1 cm³/mol. The van der Waals surface area contributed by atoms with Crippen molar-refractivity contribution in [2.45, 2.75) is 13.3 Å². The van der Waals surface area contributed by atoms with Crippen LogP contribution in [0.2, 0.25) is 10.0 Å². The monoisotopic (exact) mass is 337 g/mol. The van der Waals surface area contributed by atoms with Gasteiger partial charge in [-0.15, -0.1) is 0 Å². The van der Waals surface area contributed by atoms with E-state index in [0.29, 0.717) is 34.5 Å². The molecule has 22 heavy (non-hydrogen) atoms. The van der Waals surface area contributed by atoms with Crippen LogP contribution in [0.4, 0.5) is 0 Å². The number of amides is 1. The lowest BCUT2D eigenvalue weighted by molar-refractivity contribution is 0.0954. The molecule has 0 unspecified atom stereocenters. The number of halogens is 2. The first-order chi connectivity index (χ1) is 10.6. The van der Waals surface area contributed by atoms with Crippen LogP contribution in [0.25, 0.3) is 0 Å². The molecule has 5 heteroatoms. The van der Waals surface area contributed by atoms with Gasteiger partial charge >= 0.3 is 0 Å². The van der Waals surface area contributed by atoms with Crippen LogP contribution < -0.4 is 10.1 Å². The molecular formula is C17H17Cl2NO2. The SMILES string of the molecule is CCOc1c(Cl)cc(C(=O)NCCc2ccccc2)cc1Cl. The average molecular weight is 338 g/mol. The minimum absolute atomic E-state index is 0.206. The van der Waals surface area contributed by atoms with Crippen LogP contribution in [0.15, 0.2) is 42.5 Å². The standard InChI is InChI=1S/C17H17Cl2NO2/c1-2-22-16-14(18)10-13(11-15(16)19)17(21)20-9-8-12-6-4-3-5-7-12/h3-7,10-11H,2,8-9H2,1H3,(H,20,21). The zero-order chi connectivity index (χ0) is 15.9. The molecule has 2 aromatic carbocycles. The Hall–Kier alpha value is -1.71. The first-order valence-electron chi connectivity index (χ1n) is 7.05. The number of ether oxygens (including phenoxy) is 1. The smallest absolute Gasteiger partial charge is 0.251 e. The molecule has 116 valence electrons. The van der Waals surface area contributed by atoms with Crippen molar-refractivity contribution in [3.8, 4) is 5.75 Å². The van der Waals surface area contributed by atoms with Gasteiger partial charge in [0.1, 0.15) is 0 Å².